The van der Waals surface area contributed by atoms with Crippen LogP contribution >= 0.6 is 0 Å². The third-order valence-electron chi connectivity index (χ3n) is 2.92. The van der Waals surface area contributed by atoms with Crippen LogP contribution in [-0.4, -0.2) is 4.98 Å². The lowest BCUT2D eigenvalue weighted by Crippen LogP contribution is -2.32. The van der Waals surface area contributed by atoms with E-state index in [4.69, 9.17) is 0 Å². The Morgan fingerprint density at radius 1 is 0.895 bits per heavy atom. The first-order valence-electron chi connectivity index (χ1n) is 6.05. The van der Waals surface area contributed by atoms with Crippen molar-refractivity contribution >= 4 is 23.1 Å². The topological polar surface area (TPSA) is 39.8 Å². The van der Waals surface area contributed by atoms with Crippen molar-refractivity contribution in [3.8, 4) is 0 Å². The molecule has 2 aromatic carbocycles. The molecule has 3 heteroatoms. The quantitative estimate of drug-likeness (QED) is 0.516. The van der Waals surface area contributed by atoms with E-state index in [-0.39, 0.29) is 0 Å². The summed E-state index contributed by atoms with van der Waals surface area (Å²) in [6, 6.07) is 17.2. The zero-order valence-corrected chi connectivity index (χ0v) is 10.2. The van der Waals surface area contributed by atoms with E-state index in [0.717, 1.165) is 15.7 Å². The number of fused-ring (bicyclic) bond motifs is 1. The SMILES string of the molecule is [O-][n+]1c(C=Cc2ccccc2)ncc2ccccc21. The van der Waals surface area contributed by atoms with Gasteiger partial charge in [-0.1, -0.05) is 42.5 Å². The molecule has 0 bridgehead atoms. The molecule has 0 aliphatic rings. The molecule has 0 fully saturated rings. The minimum Gasteiger partial charge on any atom is -0.710 e. The molecular weight excluding hydrogens is 236 g/mol. The van der Waals surface area contributed by atoms with Crippen molar-refractivity contribution in [1.82, 2.24) is 4.98 Å². The molecule has 0 spiro atoms. The predicted octanol–water partition coefficient (Wildman–Crippen LogP) is 3.04. The zero-order valence-electron chi connectivity index (χ0n) is 10.2. The molecule has 92 valence electrons. The van der Waals surface area contributed by atoms with Gasteiger partial charge in [-0.15, -0.1) is 0 Å². The van der Waals surface area contributed by atoms with Crippen LogP contribution in [-0.2, 0) is 0 Å². The van der Waals surface area contributed by atoms with Gasteiger partial charge in [0.25, 0.3) is 0 Å². The first-order valence-corrected chi connectivity index (χ1v) is 6.05. The molecule has 0 unspecified atom stereocenters. The van der Waals surface area contributed by atoms with E-state index in [1.54, 1.807) is 18.3 Å². The summed E-state index contributed by atoms with van der Waals surface area (Å²) in [6.07, 6.45) is 5.33. The number of para-hydroxylation sites is 1. The highest BCUT2D eigenvalue weighted by molar-refractivity contribution is 5.75. The van der Waals surface area contributed by atoms with E-state index in [1.165, 1.54) is 0 Å². The van der Waals surface area contributed by atoms with Crippen LogP contribution < -0.4 is 4.73 Å². The van der Waals surface area contributed by atoms with Crippen molar-refractivity contribution in [2.24, 2.45) is 0 Å². The molecule has 1 aromatic heterocycles. The molecule has 0 saturated carbocycles. The number of hydrogen-bond acceptors (Lipinski definition) is 2. The maximum absolute atomic E-state index is 12.2. The van der Waals surface area contributed by atoms with E-state index in [2.05, 4.69) is 4.98 Å². The molecule has 3 nitrogen and oxygen atoms in total. The highest BCUT2D eigenvalue weighted by Gasteiger charge is 2.07. The van der Waals surface area contributed by atoms with Crippen molar-refractivity contribution in [2.75, 3.05) is 0 Å². The van der Waals surface area contributed by atoms with Gasteiger partial charge in [0, 0.05) is 6.08 Å². The molecule has 0 aliphatic carbocycles. The molecule has 3 aromatic rings. The summed E-state index contributed by atoms with van der Waals surface area (Å²) in [4.78, 5) is 4.19. The molecule has 19 heavy (non-hydrogen) atoms. The Bertz CT molecular complexity index is 736. The number of hydrogen-bond donors (Lipinski definition) is 0. The van der Waals surface area contributed by atoms with Crippen LogP contribution in [0.3, 0.4) is 0 Å². The van der Waals surface area contributed by atoms with Crippen LogP contribution in [0.25, 0.3) is 23.1 Å². The minimum atomic E-state index is 0.391. The molecule has 0 N–H and O–H groups in total. The van der Waals surface area contributed by atoms with Gasteiger partial charge in [0.05, 0.1) is 5.39 Å². The summed E-state index contributed by atoms with van der Waals surface area (Å²) in [5.74, 6) is 0.391. The number of nitrogens with zero attached hydrogens (tertiary/aromatic N) is 2. The standard InChI is InChI=1S/C16H12N2O/c19-18-15-9-5-4-8-14(15)12-17-16(18)11-10-13-6-2-1-3-7-13/h1-12H. The number of benzene rings is 2. The molecule has 1 heterocycles. The molecule has 0 atom stereocenters. The van der Waals surface area contributed by atoms with Gasteiger partial charge in [0.2, 0.25) is 0 Å². The lowest BCUT2D eigenvalue weighted by Gasteiger charge is -2.06. The van der Waals surface area contributed by atoms with Crippen LogP contribution in [0.2, 0.25) is 0 Å². The monoisotopic (exact) mass is 248 g/mol. The van der Waals surface area contributed by atoms with Gasteiger partial charge in [-0.25, -0.2) is 4.73 Å². The van der Waals surface area contributed by atoms with E-state index < -0.39 is 0 Å². The van der Waals surface area contributed by atoms with E-state index >= 15 is 0 Å². The van der Waals surface area contributed by atoms with Gasteiger partial charge >= 0.3 is 5.82 Å². The molecule has 0 amide bonds. The lowest BCUT2D eigenvalue weighted by molar-refractivity contribution is -0.582. The van der Waals surface area contributed by atoms with Crippen LogP contribution in [0, 0.1) is 5.21 Å². The molecule has 0 saturated heterocycles. The van der Waals surface area contributed by atoms with Gasteiger partial charge in [-0.3, -0.25) is 0 Å². The Morgan fingerprint density at radius 2 is 1.63 bits per heavy atom. The largest absolute Gasteiger partial charge is 0.710 e. The second-order valence-electron chi connectivity index (χ2n) is 4.21. The Labute approximate surface area is 111 Å². The number of aromatic nitrogens is 2. The minimum absolute atomic E-state index is 0.391. The average Bonchev–Trinajstić information content (AvgIpc) is 2.48. The fourth-order valence-corrected chi connectivity index (χ4v) is 1.94. The lowest BCUT2D eigenvalue weighted by atomic mass is 10.2. The van der Waals surface area contributed by atoms with Crippen molar-refractivity contribution < 1.29 is 4.73 Å². The van der Waals surface area contributed by atoms with E-state index in [9.17, 15) is 5.21 Å². The van der Waals surface area contributed by atoms with Gasteiger partial charge in [0.1, 0.15) is 5.52 Å². The predicted molar refractivity (Wildman–Crippen MR) is 76.1 cm³/mol. The van der Waals surface area contributed by atoms with Crippen molar-refractivity contribution in [1.29, 1.82) is 0 Å². The summed E-state index contributed by atoms with van der Waals surface area (Å²) >= 11 is 0. The maximum atomic E-state index is 12.2. The first kappa shape index (κ1) is 11.4. The van der Waals surface area contributed by atoms with E-state index in [0.29, 0.717) is 11.3 Å². The second kappa shape index (κ2) is 4.90. The van der Waals surface area contributed by atoms with Gasteiger partial charge in [-0.2, -0.15) is 0 Å². The highest BCUT2D eigenvalue weighted by Crippen LogP contribution is 2.09. The fraction of sp³-hybridized carbons (Fsp3) is 0. The normalized spacial score (nSPS) is 11.2. The smallest absolute Gasteiger partial charge is 0.326 e. The summed E-state index contributed by atoms with van der Waals surface area (Å²) < 4.78 is 0.856. The fourth-order valence-electron chi connectivity index (χ4n) is 1.94. The summed E-state index contributed by atoms with van der Waals surface area (Å²) in [7, 11) is 0. The third kappa shape index (κ3) is 2.31. The van der Waals surface area contributed by atoms with Gasteiger partial charge in [0.15, 0.2) is 6.20 Å². The second-order valence-corrected chi connectivity index (χ2v) is 4.21. The summed E-state index contributed by atoms with van der Waals surface area (Å²) in [6.45, 7) is 0. The van der Waals surface area contributed by atoms with Crippen molar-refractivity contribution in [3.05, 3.63) is 77.4 Å². The van der Waals surface area contributed by atoms with Crippen molar-refractivity contribution in [2.45, 2.75) is 0 Å². The first-order chi connectivity index (χ1) is 9.34. The third-order valence-corrected chi connectivity index (χ3v) is 2.92. The highest BCUT2D eigenvalue weighted by atomic mass is 16.5. The molecular formula is C16H12N2O. The Hall–Kier alpha value is -2.68. The molecule has 3 rings (SSSR count). The Balaban J connectivity index is 2.02. The van der Waals surface area contributed by atoms with Crippen LogP contribution in [0.5, 0.6) is 0 Å². The molecule has 0 aliphatic heterocycles. The van der Waals surface area contributed by atoms with Gasteiger partial charge in [-0.05, 0) is 28.8 Å². The average molecular weight is 248 g/mol. The summed E-state index contributed by atoms with van der Waals surface area (Å²) in [5, 5.41) is 13.0. The van der Waals surface area contributed by atoms with Crippen LogP contribution in [0.4, 0.5) is 0 Å². The van der Waals surface area contributed by atoms with Crippen molar-refractivity contribution in [3.63, 3.8) is 0 Å². The van der Waals surface area contributed by atoms with Gasteiger partial charge < -0.3 is 5.21 Å². The number of rotatable bonds is 2. The maximum Gasteiger partial charge on any atom is 0.326 e. The summed E-state index contributed by atoms with van der Waals surface area (Å²) in [5.41, 5.74) is 1.67. The zero-order chi connectivity index (χ0) is 13.1. The molecule has 0 radical (unpaired) electrons. The van der Waals surface area contributed by atoms with Crippen LogP contribution in [0.15, 0.2) is 60.8 Å². The van der Waals surface area contributed by atoms with E-state index in [1.807, 2.05) is 54.6 Å². The Morgan fingerprint density at radius 3 is 2.47 bits per heavy atom. The Kier molecular flexibility index (Phi) is 2.94. The van der Waals surface area contributed by atoms with Crippen LogP contribution in [0.1, 0.15) is 11.4 Å².